The van der Waals surface area contributed by atoms with Crippen molar-refractivity contribution < 1.29 is 14.0 Å². The van der Waals surface area contributed by atoms with Crippen LogP contribution in [0.25, 0.3) is 0 Å². The van der Waals surface area contributed by atoms with Crippen LogP contribution < -0.4 is 10.6 Å². The normalized spacial score (nSPS) is 16.0. The molecule has 1 aromatic rings. The quantitative estimate of drug-likeness (QED) is 0.715. The number of halogens is 1. The van der Waals surface area contributed by atoms with Crippen LogP contribution in [0.3, 0.4) is 0 Å². The van der Waals surface area contributed by atoms with E-state index < -0.39 is 0 Å². The van der Waals surface area contributed by atoms with Gasteiger partial charge in [-0.15, -0.1) is 0 Å². The lowest BCUT2D eigenvalue weighted by atomic mass is 9.96. The molecule has 1 aromatic carbocycles. The molecule has 5 nitrogen and oxygen atoms in total. The summed E-state index contributed by atoms with van der Waals surface area (Å²) in [7, 11) is 0. The average Bonchev–Trinajstić information content (AvgIpc) is 2.59. The second-order valence-electron chi connectivity index (χ2n) is 8.63. The number of carbonyl (C=O) groups is 2. The summed E-state index contributed by atoms with van der Waals surface area (Å²) < 4.78 is 13.5. The first kappa shape index (κ1) is 22.3. The zero-order chi connectivity index (χ0) is 20.7. The number of hydrogen-bond donors (Lipinski definition) is 2. The highest BCUT2D eigenvalue weighted by atomic mass is 19.1. The molecule has 6 heteroatoms. The number of hydrogen-bond acceptors (Lipinski definition) is 3. The molecule has 2 amide bonds. The number of nitrogens with one attached hydrogen (secondary N) is 2. The maximum absolute atomic E-state index is 13.5. The second kappa shape index (κ2) is 10.0. The largest absolute Gasteiger partial charge is 0.352 e. The van der Waals surface area contributed by atoms with Gasteiger partial charge in [-0.05, 0) is 82.8 Å². The topological polar surface area (TPSA) is 61.4 Å². The van der Waals surface area contributed by atoms with E-state index >= 15 is 0 Å². The SMILES string of the molecule is CCCC(C)(C)NC(=O)CN1CCC(CNC(=O)c2cc(C)cc(F)c2)CC1. The molecular weight excluding hydrogens is 357 g/mol. The second-order valence-corrected chi connectivity index (χ2v) is 8.63. The van der Waals surface area contributed by atoms with Crippen molar-refractivity contribution >= 4 is 11.8 Å². The Hall–Kier alpha value is -1.95. The summed E-state index contributed by atoms with van der Waals surface area (Å²) in [6.07, 6.45) is 3.88. The van der Waals surface area contributed by atoms with Gasteiger partial charge in [-0.2, -0.15) is 0 Å². The number of nitrogens with zero attached hydrogens (tertiary/aromatic N) is 1. The van der Waals surface area contributed by atoms with Crippen molar-refractivity contribution in [2.75, 3.05) is 26.2 Å². The molecule has 0 radical (unpaired) electrons. The van der Waals surface area contributed by atoms with Crippen LogP contribution in [0.2, 0.25) is 0 Å². The first-order valence-corrected chi connectivity index (χ1v) is 10.3. The predicted molar refractivity (Wildman–Crippen MR) is 110 cm³/mol. The third-order valence-electron chi connectivity index (χ3n) is 5.28. The van der Waals surface area contributed by atoms with E-state index in [-0.39, 0.29) is 23.2 Å². The summed E-state index contributed by atoms with van der Waals surface area (Å²) in [5, 5.41) is 6.04. The fraction of sp³-hybridized carbons (Fsp3) is 0.636. The highest BCUT2D eigenvalue weighted by Crippen LogP contribution is 2.17. The molecule has 156 valence electrons. The van der Waals surface area contributed by atoms with E-state index in [1.54, 1.807) is 13.0 Å². The van der Waals surface area contributed by atoms with Crippen molar-refractivity contribution in [3.05, 3.63) is 35.1 Å². The van der Waals surface area contributed by atoms with Crippen LogP contribution in [0.15, 0.2) is 18.2 Å². The van der Waals surface area contributed by atoms with Gasteiger partial charge in [-0.25, -0.2) is 4.39 Å². The molecule has 0 bridgehead atoms. The Morgan fingerprint density at radius 2 is 1.89 bits per heavy atom. The maximum atomic E-state index is 13.5. The van der Waals surface area contributed by atoms with Crippen LogP contribution in [0, 0.1) is 18.7 Å². The van der Waals surface area contributed by atoms with Crippen LogP contribution in [-0.2, 0) is 4.79 Å². The molecule has 1 aliphatic rings. The molecule has 1 fully saturated rings. The van der Waals surface area contributed by atoms with Gasteiger partial charge < -0.3 is 10.6 Å². The number of likely N-dealkylation sites (tertiary alicyclic amines) is 1. The smallest absolute Gasteiger partial charge is 0.251 e. The first-order chi connectivity index (χ1) is 13.2. The number of benzene rings is 1. The van der Waals surface area contributed by atoms with Crippen LogP contribution >= 0.6 is 0 Å². The molecule has 1 aliphatic heterocycles. The van der Waals surface area contributed by atoms with E-state index in [4.69, 9.17) is 0 Å². The van der Waals surface area contributed by atoms with Crippen molar-refractivity contribution in [1.29, 1.82) is 0 Å². The Balaban J connectivity index is 1.72. The maximum Gasteiger partial charge on any atom is 0.251 e. The van der Waals surface area contributed by atoms with Gasteiger partial charge in [0.15, 0.2) is 0 Å². The summed E-state index contributed by atoms with van der Waals surface area (Å²) in [6.45, 7) is 10.7. The van der Waals surface area contributed by atoms with Crippen molar-refractivity contribution in [2.24, 2.45) is 5.92 Å². The van der Waals surface area contributed by atoms with Crippen LogP contribution in [0.5, 0.6) is 0 Å². The Kier molecular flexibility index (Phi) is 7.98. The molecule has 28 heavy (non-hydrogen) atoms. The number of rotatable bonds is 8. The van der Waals surface area contributed by atoms with E-state index in [9.17, 15) is 14.0 Å². The van der Waals surface area contributed by atoms with Gasteiger partial charge in [-0.1, -0.05) is 13.3 Å². The van der Waals surface area contributed by atoms with Gasteiger partial charge >= 0.3 is 0 Å². The van der Waals surface area contributed by atoms with Crippen LogP contribution in [0.1, 0.15) is 62.4 Å². The Morgan fingerprint density at radius 1 is 1.21 bits per heavy atom. The van der Waals surface area contributed by atoms with Gasteiger partial charge in [0.25, 0.3) is 5.91 Å². The molecule has 0 atom stereocenters. The van der Waals surface area contributed by atoms with E-state index in [1.807, 2.05) is 0 Å². The third-order valence-corrected chi connectivity index (χ3v) is 5.28. The molecule has 1 saturated heterocycles. The number of amides is 2. The van der Waals surface area contributed by atoms with Crippen molar-refractivity contribution in [3.8, 4) is 0 Å². The molecule has 0 aliphatic carbocycles. The monoisotopic (exact) mass is 391 g/mol. The average molecular weight is 392 g/mol. The molecule has 2 rings (SSSR count). The fourth-order valence-electron chi connectivity index (χ4n) is 3.86. The van der Waals surface area contributed by atoms with Gasteiger partial charge in [0.05, 0.1) is 6.54 Å². The molecule has 0 spiro atoms. The summed E-state index contributed by atoms with van der Waals surface area (Å²) in [6, 6.07) is 4.37. The van der Waals surface area contributed by atoms with E-state index in [2.05, 4.69) is 36.3 Å². The lowest BCUT2D eigenvalue weighted by Crippen LogP contribution is -2.49. The van der Waals surface area contributed by atoms with E-state index in [0.717, 1.165) is 44.3 Å². The standard InChI is InChI=1S/C22H34FN3O2/c1-5-8-22(3,4)25-20(27)15-26-9-6-17(7-10-26)14-24-21(28)18-11-16(2)12-19(23)13-18/h11-13,17H,5-10,14-15H2,1-4H3,(H,24,28)(H,25,27). The minimum atomic E-state index is -0.390. The van der Waals surface area contributed by atoms with Gasteiger partial charge in [-0.3, -0.25) is 14.5 Å². The molecule has 0 saturated carbocycles. The molecule has 1 heterocycles. The Labute approximate surface area is 168 Å². The zero-order valence-electron chi connectivity index (χ0n) is 17.6. The minimum absolute atomic E-state index is 0.0756. The summed E-state index contributed by atoms with van der Waals surface area (Å²) >= 11 is 0. The highest BCUT2D eigenvalue weighted by Gasteiger charge is 2.24. The van der Waals surface area contributed by atoms with Gasteiger partial charge in [0, 0.05) is 17.6 Å². The lowest BCUT2D eigenvalue weighted by Gasteiger charge is -2.33. The Bertz CT molecular complexity index is 662. The molecule has 0 unspecified atom stereocenters. The summed E-state index contributed by atoms with van der Waals surface area (Å²) in [5.41, 5.74) is 0.934. The minimum Gasteiger partial charge on any atom is -0.352 e. The summed E-state index contributed by atoms with van der Waals surface area (Å²) in [5.74, 6) is -0.164. The first-order valence-electron chi connectivity index (χ1n) is 10.3. The van der Waals surface area contributed by atoms with E-state index in [1.165, 1.54) is 12.1 Å². The van der Waals surface area contributed by atoms with Crippen molar-refractivity contribution in [1.82, 2.24) is 15.5 Å². The van der Waals surface area contributed by atoms with Crippen LogP contribution in [-0.4, -0.2) is 48.4 Å². The van der Waals surface area contributed by atoms with Gasteiger partial charge in [0.2, 0.25) is 5.91 Å². The highest BCUT2D eigenvalue weighted by molar-refractivity contribution is 5.94. The fourth-order valence-corrected chi connectivity index (χ4v) is 3.86. The molecule has 0 aromatic heterocycles. The number of carbonyl (C=O) groups excluding carboxylic acids is 2. The third kappa shape index (κ3) is 7.23. The lowest BCUT2D eigenvalue weighted by molar-refractivity contribution is -0.124. The molecular formula is C22H34FN3O2. The van der Waals surface area contributed by atoms with Crippen molar-refractivity contribution in [3.63, 3.8) is 0 Å². The summed E-state index contributed by atoms with van der Waals surface area (Å²) in [4.78, 5) is 26.7. The molecule has 2 N–H and O–H groups in total. The van der Waals surface area contributed by atoms with Crippen molar-refractivity contribution in [2.45, 2.75) is 58.9 Å². The number of aryl methyl sites for hydroxylation is 1. The van der Waals surface area contributed by atoms with Gasteiger partial charge in [0.1, 0.15) is 5.82 Å². The predicted octanol–water partition coefficient (Wildman–Crippen LogP) is 3.27. The zero-order valence-corrected chi connectivity index (χ0v) is 17.6. The number of piperidine rings is 1. The van der Waals surface area contributed by atoms with E-state index in [0.29, 0.717) is 24.6 Å². The van der Waals surface area contributed by atoms with Crippen LogP contribution in [0.4, 0.5) is 4.39 Å². The Morgan fingerprint density at radius 3 is 2.50 bits per heavy atom.